The Balaban J connectivity index is 2.49. The maximum Gasteiger partial charge on any atom is 0.219 e. The van der Waals surface area contributed by atoms with Crippen LogP contribution in [-0.2, 0) is 9.59 Å². The monoisotopic (exact) mass is 182 g/mol. The van der Waals surface area contributed by atoms with Crippen LogP contribution >= 0.6 is 0 Å². The number of hydrogen-bond donors (Lipinski definition) is 0. The topological polar surface area (TPSA) is 37.4 Å². The molecule has 0 saturated carbocycles. The molecule has 0 atom stereocenters. The van der Waals surface area contributed by atoms with E-state index < -0.39 is 5.54 Å². The Bertz CT molecular complexity index is 193. The van der Waals surface area contributed by atoms with Gasteiger partial charge in [-0.25, -0.2) is 0 Å². The van der Waals surface area contributed by atoms with Crippen LogP contribution in [0.1, 0.15) is 26.7 Å². The first kappa shape index (κ1) is 10.4. The Morgan fingerprint density at radius 3 is 2.31 bits per heavy atom. The van der Waals surface area contributed by atoms with Crippen LogP contribution in [0.2, 0.25) is 0 Å². The smallest absolute Gasteiger partial charge is 0.219 e. The summed E-state index contributed by atoms with van der Waals surface area (Å²) < 4.78 is 0. The minimum atomic E-state index is -0.492. The van der Waals surface area contributed by atoms with Gasteiger partial charge in [0.1, 0.15) is 6.29 Å². The van der Waals surface area contributed by atoms with E-state index in [0.717, 1.165) is 32.2 Å². The van der Waals surface area contributed by atoms with Gasteiger partial charge in [-0.2, -0.15) is 0 Å². The van der Waals surface area contributed by atoms with Gasteiger partial charge in [0.15, 0.2) is 0 Å². The average molecular weight is 182 g/mol. The van der Waals surface area contributed by atoms with Crippen LogP contribution < -0.4 is 0 Å². The van der Waals surface area contributed by atoms with E-state index in [9.17, 15) is 9.59 Å². The average Bonchev–Trinajstić information content (AvgIpc) is 2.18. The number of aldehydes is 1. The molecule has 0 bridgehead atoms. The van der Waals surface area contributed by atoms with Crippen molar-refractivity contribution in [3.05, 3.63) is 0 Å². The lowest BCUT2D eigenvalue weighted by Crippen LogP contribution is -2.49. The fourth-order valence-corrected chi connectivity index (χ4v) is 1.66. The standard InChI is InChI=1S/C10H16NO2/c1-10(2,8-13)11-5-3-9(7-12)4-6-11/h7,9H,3-6H2,1-2H3. The largest absolute Gasteiger partial charge is 0.303 e. The molecule has 73 valence electrons. The van der Waals surface area contributed by atoms with Crippen molar-refractivity contribution in [3.8, 4) is 0 Å². The summed E-state index contributed by atoms with van der Waals surface area (Å²) in [7, 11) is 0. The lowest BCUT2D eigenvalue weighted by atomic mass is 9.94. The first-order valence-corrected chi connectivity index (χ1v) is 4.70. The van der Waals surface area contributed by atoms with E-state index in [4.69, 9.17) is 0 Å². The van der Waals surface area contributed by atoms with Crippen molar-refractivity contribution in [2.24, 2.45) is 5.92 Å². The summed E-state index contributed by atoms with van der Waals surface area (Å²) in [6.07, 6.45) is 4.79. The Labute approximate surface area is 79.1 Å². The minimum absolute atomic E-state index is 0.193. The molecule has 1 aliphatic heterocycles. The Morgan fingerprint density at radius 2 is 1.92 bits per heavy atom. The van der Waals surface area contributed by atoms with Crippen molar-refractivity contribution in [3.63, 3.8) is 0 Å². The maximum absolute atomic E-state index is 10.6. The summed E-state index contributed by atoms with van der Waals surface area (Å²) in [5, 5.41) is 0. The van der Waals surface area contributed by atoms with Gasteiger partial charge in [-0.3, -0.25) is 9.69 Å². The predicted molar refractivity (Wildman–Crippen MR) is 50.1 cm³/mol. The van der Waals surface area contributed by atoms with Gasteiger partial charge < -0.3 is 4.79 Å². The van der Waals surface area contributed by atoms with E-state index in [1.807, 2.05) is 20.1 Å². The highest BCUT2D eigenvalue weighted by Gasteiger charge is 2.30. The molecule has 0 aromatic rings. The highest BCUT2D eigenvalue weighted by molar-refractivity contribution is 5.63. The molecular formula is C10H16NO2. The molecule has 0 N–H and O–H groups in total. The normalized spacial score (nSPS) is 21.4. The molecule has 0 aromatic carbocycles. The lowest BCUT2D eigenvalue weighted by molar-refractivity contribution is -0.112. The van der Waals surface area contributed by atoms with E-state index in [-0.39, 0.29) is 5.92 Å². The summed E-state index contributed by atoms with van der Waals surface area (Å²) in [5.41, 5.74) is -0.492. The third kappa shape index (κ3) is 2.37. The zero-order valence-corrected chi connectivity index (χ0v) is 8.25. The van der Waals surface area contributed by atoms with Crippen LogP contribution in [0.5, 0.6) is 0 Å². The number of carbonyl (C=O) groups excluding carboxylic acids is 2. The summed E-state index contributed by atoms with van der Waals surface area (Å²) >= 11 is 0. The van der Waals surface area contributed by atoms with Crippen molar-refractivity contribution < 1.29 is 9.59 Å². The van der Waals surface area contributed by atoms with Crippen LogP contribution in [0.3, 0.4) is 0 Å². The predicted octanol–water partition coefficient (Wildman–Crippen LogP) is 0.786. The van der Waals surface area contributed by atoms with E-state index in [1.165, 1.54) is 0 Å². The van der Waals surface area contributed by atoms with Crippen LogP contribution in [0.15, 0.2) is 0 Å². The molecule has 3 heteroatoms. The molecule has 1 rings (SSSR count). The van der Waals surface area contributed by atoms with E-state index in [1.54, 1.807) is 0 Å². The van der Waals surface area contributed by atoms with Crippen molar-refractivity contribution in [1.29, 1.82) is 0 Å². The Hall–Kier alpha value is -0.700. The number of hydrogen-bond acceptors (Lipinski definition) is 3. The van der Waals surface area contributed by atoms with Crippen molar-refractivity contribution in [1.82, 2.24) is 4.90 Å². The lowest BCUT2D eigenvalue weighted by Gasteiger charge is -2.37. The highest BCUT2D eigenvalue weighted by atomic mass is 16.1. The zero-order valence-electron chi connectivity index (χ0n) is 8.25. The van der Waals surface area contributed by atoms with Gasteiger partial charge in [-0.15, -0.1) is 0 Å². The van der Waals surface area contributed by atoms with Crippen LogP contribution in [-0.4, -0.2) is 36.1 Å². The number of nitrogens with zero attached hydrogens (tertiary/aromatic N) is 1. The molecule has 1 heterocycles. The van der Waals surface area contributed by atoms with Crippen molar-refractivity contribution >= 4 is 12.6 Å². The van der Waals surface area contributed by atoms with Crippen molar-refractivity contribution in [2.75, 3.05) is 13.1 Å². The van der Waals surface area contributed by atoms with Gasteiger partial charge in [-0.05, 0) is 39.8 Å². The molecule has 0 aromatic heterocycles. The third-order valence-corrected chi connectivity index (χ3v) is 2.77. The molecule has 0 amide bonds. The number of likely N-dealkylation sites (tertiary alicyclic amines) is 1. The zero-order chi connectivity index (χ0) is 9.90. The maximum atomic E-state index is 10.6. The quantitative estimate of drug-likeness (QED) is 0.605. The molecule has 1 aliphatic rings. The van der Waals surface area contributed by atoms with E-state index in [2.05, 4.69) is 4.90 Å². The van der Waals surface area contributed by atoms with Gasteiger partial charge in [0.05, 0.1) is 5.54 Å². The van der Waals surface area contributed by atoms with Crippen LogP contribution in [0, 0.1) is 5.92 Å². The molecule has 0 spiro atoms. The van der Waals surface area contributed by atoms with Gasteiger partial charge in [0.25, 0.3) is 0 Å². The number of piperidine rings is 1. The second kappa shape index (κ2) is 4.01. The molecule has 0 unspecified atom stereocenters. The first-order valence-electron chi connectivity index (χ1n) is 4.70. The van der Waals surface area contributed by atoms with E-state index >= 15 is 0 Å². The SMILES string of the molecule is CC(C)([C]=O)N1CCC(C=O)CC1. The summed E-state index contributed by atoms with van der Waals surface area (Å²) in [4.78, 5) is 23.2. The van der Waals surface area contributed by atoms with E-state index in [0.29, 0.717) is 0 Å². The molecule has 3 nitrogen and oxygen atoms in total. The first-order chi connectivity index (χ1) is 6.10. The van der Waals surface area contributed by atoms with Gasteiger partial charge in [0, 0.05) is 5.92 Å². The minimum Gasteiger partial charge on any atom is -0.303 e. The summed E-state index contributed by atoms with van der Waals surface area (Å²) in [5.74, 6) is 0.193. The summed E-state index contributed by atoms with van der Waals surface area (Å²) in [6, 6.07) is 0. The number of carbonyl (C=O) groups is 1. The fourth-order valence-electron chi connectivity index (χ4n) is 1.66. The van der Waals surface area contributed by atoms with Crippen LogP contribution in [0.25, 0.3) is 0 Å². The molecule has 1 radical (unpaired) electrons. The second-order valence-corrected chi connectivity index (χ2v) is 4.12. The van der Waals surface area contributed by atoms with Crippen molar-refractivity contribution in [2.45, 2.75) is 32.2 Å². The van der Waals surface area contributed by atoms with Crippen LogP contribution in [0.4, 0.5) is 0 Å². The number of rotatable bonds is 3. The second-order valence-electron chi connectivity index (χ2n) is 4.12. The van der Waals surface area contributed by atoms with Gasteiger partial charge in [0.2, 0.25) is 6.29 Å². The molecule has 1 saturated heterocycles. The van der Waals surface area contributed by atoms with Gasteiger partial charge in [-0.1, -0.05) is 0 Å². The third-order valence-electron chi connectivity index (χ3n) is 2.77. The molecule has 0 aliphatic carbocycles. The highest BCUT2D eigenvalue weighted by Crippen LogP contribution is 2.21. The van der Waals surface area contributed by atoms with Gasteiger partial charge >= 0.3 is 0 Å². The Kier molecular flexibility index (Phi) is 3.20. The summed E-state index contributed by atoms with van der Waals surface area (Å²) in [6.45, 7) is 5.37. The fraction of sp³-hybridized carbons (Fsp3) is 0.800. The Morgan fingerprint density at radius 1 is 1.38 bits per heavy atom. The molecule has 13 heavy (non-hydrogen) atoms. The molecular weight excluding hydrogens is 166 g/mol. The molecule has 1 fully saturated rings.